The Kier molecular flexibility index (Phi) is 34.3. The van der Waals surface area contributed by atoms with Gasteiger partial charge >= 0.3 is 12.1 Å². The normalized spacial score (nSPS) is 18.0. The van der Waals surface area contributed by atoms with E-state index < -0.39 is 126 Å². The molecule has 0 radical (unpaired) electrons. The van der Waals surface area contributed by atoms with Crippen LogP contribution in [-0.2, 0) is 68.6 Å². The van der Waals surface area contributed by atoms with Crippen molar-refractivity contribution in [3.63, 3.8) is 0 Å². The van der Waals surface area contributed by atoms with Gasteiger partial charge in [0.15, 0.2) is 0 Å². The van der Waals surface area contributed by atoms with Gasteiger partial charge in [-0.15, -0.1) is 11.3 Å². The highest BCUT2D eigenvalue weighted by Crippen LogP contribution is 2.32. The number of unbranched alkanes of at least 4 members (excludes halogenated alkanes) is 2. The maximum Gasteiger partial charge on any atom is 0.411 e. The second kappa shape index (κ2) is 42.1. The number of carbonyl (C=O) groups excluding carboxylic acids is 12. The number of imide groups is 1. The lowest BCUT2D eigenvalue weighted by Gasteiger charge is -2.41. The molecule has 1 aromatic heterocycles. The van der Waals surface area contributed by atoms with Crippen molar-refractivity contribution in [3.8, 4) is 0 Å². The van der Waals surface area contributed by atoms with Crippen LogP contribution in [0.5, 0.6) is 0 Å². The van der Waals surface area contributed by atoms with Gasteiger partial charge in [-0.3, -0.25) is 57.7 Å². The van der Waals surface area contributed by atoms with E-state index in [1.165, 1.54) is 54.7 Å². The monoisotopic (exact) mass is 1500 g/mol. The van der Waals surface area contributed by atoms with E-state index in [0.29, 0.717) is 77.7 Å². The van der Waals surface area contributed by atoms with Crippen molar-refractivity contribution in [1.82, 2.24) is 61.0 Å². The van der Waals surface area contributed by atoms with Crippen LogP contribution in [0.4, 0.5) is 15.3 Å². The molecule has 13 amide bonds. The van der Waals surface area contributed by atoms with E-state index in [-0.39, 0.29) is 98.5 Å². The Morgan fingerprint density at radius 1 is 0.717 bits per heavy atom. The SMILES string of the molecule is CC[C@H](C)[C@@H]([C@@H](CC(=O)N1CCC[C@H]1[C@H](OC)[C@@H](C)C(=O)N[C@@H](Cc1ccccc1)c1nccs1)OC)N(C)C(=O)[C@@H](NC(=O)[C@H](C(C)C)N(C)C(=O)OC(C(=O)N1CCN(C)CC1)c1ccc(NC(=O)[C@H](CCCNC(N)=O)NC(=O)[C@@H](NC(=O)CCCCCN2C(=O)CCC2=O)C(C)C)cc1)C(C)C. The number of urea groups is 1. The van der Waals surface area contributed by atoms with Gasteiger partial charge in [0, 0.05) is 116 Å². The van der Waals surface area contributed by atoms with Crippen LogP contribution >= 0.6 is 11.3 Å². The Morgan fingerprint density at radius 2 is 1.38 bits per heavy atom. The molecular formula is C76H116N14O15S. The van der Waals surface area contributed by atoms with Gasteiger partial charge in [-0.1, -0.05) is 118 Å². The summed E-state index contributed by atoms with van der Waals surface area (Å²) < 4.78 is 18.4. The third-order valence-corrected chi connectivity index (χ3v) is 21.4. The Morgan fingerprint density at radius 3 is 1.96 bits per heavy atom. The molecule has 29 nitrogen and oxygen atoms in total. The van der Waals surface area contributed by atoms with Gasteiger partial charge in [-0.05, 0) is 93.4 Å². The van der Waals surface area contributed by atoms with Gasteiger partial charge in [0.2, 0.25) is 59.3 Å². The fourth-order valence-corrected chi connectivity index (χ4v) is 14.8. The van der Waals surface area contributed by atoms with Crippen LogP contribution in [0.1, 0.15) is 168 Å². The summed E-state index contributed by atoms with van der Waals surface area (Å²) in [6, 6.07) is 9.04. The molecule has 3 aromatic rings. The number of ether oxygens (including phenoxy) is 3. The minimum absolute atomic E-state index is 0.0365. The molecule has 3 fully saturated rings. The lowest BCUT2D eigenvalue weighted by molar-refractivity contribution is -0.148. The number of rotatable bonds is 40. The van der Waals surface area contributed by atoms with Gasteiger partial charge in [0.25, 0.3) is 5.91 Å². The first-order valence-corrected chi connectivity index (χ1v) is 38.2. The molecule has 3 aliphatic rings. The fraction of sp³-hybridized carbons (Fsp3) is 0.645. The summed E-state index contributed by atoms with van der Waals surface area (Å²) >= 11 is 1.46. The Labute approximate surface area is 628 Å². The van der Waals surface area contributed by atoms with Crippen LogP contribution in [0.2, 0.25) is 0 Å². The highest BCUT2D eigenvalue weighted by molar-refractivity contribution is 7.09. The summed E-state index contributed by atoms with van der Waals surface area (Å²) in [5, 5.41) is 19.7. The number of anilines is 1. The molecule has 3 aliphatic heterocycles. The number of carbonyl (C=O) groups is 12. The summed E-state index contributed by atoms with van der Waals surface area (Å²) in [5.41, 5.74) is 6.81. The molecule has 586 valence electrons. The average Bonchev–Trinajstić information content (AvgIpc) is 1.09. The quantitative estimate of drug-likeness (QED) is 0.0256. The second-order valence-electron chi connectivity index (χ2n) is 29.3. The number of likely N-dealkylation sites (tertiary alicyclic amines) is 2. The van der Waals surface area contributed by atoms with Crippen molar-refractivity contribution in [2.24, 2.45) is 35.3 Å². The Bertz CT molecular complexity index is 3400. The third kappa shape index (κ3) is 24.5. The summed E-state index contributed by atoms with van der Waals surface area (Å²) in [6.07, 6.45) is 2.26. The second-order valence-corrected chi connectivity index (χ2v) is 30.2. The first-order valence-electron chi connectivity index (χ1n) is 37.3. The highest BCUT2D eigenvalue weighted by atomic mass is 32.1. The number of piperazine rings is 1. The molecule has 8 N–H and O–H groups in total. The van der Waals surface area contributed by atoms with Crippen molar-refractivity contribution >= 4 is 88.2 Å². The van der Waals surface area contributed by atoms with Crippen LogP contribution < -0.4 is 37.6 Å². The summed E-state index contributed by atoms with van der Waals surface area (Å²) in [5.74, 6) is -6.52. The standard InChI is InChI=1S/C76H116N14O15S/c1-15-49(8)65(57(103-13)45-61(94)89-38-23-27-56(89)66(104-14)50(9)68(95)82-55(72-78-36-43-106-72)44-51-24-18-16-19-25-51)86(11)73(99)63(47(4)5)84-71(98)64(48(6)7)87(12)76(102)105-67(74(100)88-41-39-85(10)40-42-88)52-29-31-53(32-30-52)80-69(96)54(26-22-35-79-75(77)101)81-70(97)62(46(2)3)83-58(91)28-20-17-21-37-90-59(92)33-34-60(90)93/h16,18-19,24-25,29-32,36,43,46-50,54-57,62-67H,15,17,20-23,26-28,33-35,37-42,44-45H2,1-14H3,(H,80,96)(H,81,97)(H,82,95)(H,83,91)(H,84,98)(H3,77,79,101)/t49-,50+,54-,55-,56-,57+,62-,63-,64-,65-,66+,67?/m0/s1. The summed E-state index contributed by atoms with van der Waals surface area (Å²) in [7, 11) is 8.00. The van der Waals surface area contributed by atoms with E-state index in [9.17, 15) is 52.7 Å². The van der Waals surface area contributed by atoms with Crippen molar-refractivity contribution < 1.29 is 71.7 Å². The number of methoxy groups -OCH3 is 2. The molecular weight excluding hydrogens is 1380 g/mol. The number of primary amides is 1. The van der Waals surface area contributed by atoms with Gasteiger partial charge in [0.1, 0.15) is 29.2 Å². The van der Waals surface area contributed by atoms with E-state index in [1.54, 1.807) is 76.6 Å². The number of aromatic nitrogens is 1. The van der Waals surface area contributed by atoms with Crippen LogP contribution in [0, 0.1) is 29.6 Å². The predicted octanol–water partition coefficient (Wildman–Crippen LogP) is 5.93. The molecule has 106 heavy (non-hydrogen) atoms. The van der Waals surface area contributed by atoms with Gasteiger partial charge in [-0.25, -0.2) is 14.6 Å². The number of thiazole rings is 1. The first kappa shape index (κ1) is 86.3. The molecule has 0 bridgehead atoms. The molecule has 0 saturated carbocycles. The maximum absolute atomic E-state index is 15.1. The number of hydrogen-bond acceptors (Lipinski definition) is 18. The van der Waals surface area contributed by atoms with Crippen LogP contribution in [-0.4, -0.2) is 235 Å². The van der Waals surface area contributed by atoms with Gasteiger partial charge in [0.05, 0.1) is 42.7 Å². The number of nitrogens with two attached hydrogens (primary N) is 1. The Balaban J connectivity index is 1.13. The molecule has 0 spiro atoms. The zero-order chi connectivity index (χ0) is 78.1. The van der Waals surface area contributed by atoms with Crippen molar-refractivity contribution in [1.29, 1.82) is 0 Å². The fourth-order valence-electron chi connectivity index (χ4n) is 14.1. The molecule has 4 heterocycles. The minimum Gasteiger partial charge on any atom is -0.431 e. The molecule has 0 aliphatic carbocycles. The number of benzene rings is 2. The smallest absolute Gasteiger partial charge is 0.411 e. The van der Waals surface area contributed by atoms with E-state index in [4.69, 9.17) is 19.9 Å². The molecule has 30 heteroatoms. The zero-order valence-electron chi connectivity index (χ0n) is 64.4. The zero-order valence-corrected chi connectivity index (χ0v) is 65.2. The average molecular weight is 1500 g/mol. The van der Waals surface area contributed by atoms with E-state index in [0.717, 1.165) is 15.5 Å². The molecule has 1 unspecified atom stereocenters. The van der Waals surface area contributed by atoms with Crippen molar-refractivity contribution in [2.75, 3.05) is 86.5 Å². The number of nitrogens with one attached hydrogen (secondary N) is 6. The Hall–Kier alpha value is -8.61. The lowest BCUT2D eigenvalue weighted by Crippen LogP contribution is -2.60. The number of nitrogens with zero attached hydrogens (tertiary/aromatic N) is 7. The highest BCUT2D eigenvalue weighted by Gasteiger charge is 2.45. The van der Waals surface area contributed by atoms with Gasteiger partial charge in [-0.2, -0.15) is 0 Å². The van der Waals surface area contributed by atoms with Crippen LogP contribution in [0.25, 0.3) is 0 Å². The molecule has 6 rings (SSSR count). The number of hydrogen-bond donors (Lipinski definition) is 7. The number of amides is 13. The topological polar surface area (TPSA) is 363 Å². The first-order chi connectivity index (χ1) is 50.4. The summed E-state index contributed by atoms with van der Waals surface area (Å²) in [6.45, 7) is 18.8. The van der Waals surface area contributed by atoms with Crippen LogP contribution in [0.15, 0.2) is 66.2 Å². The number of likely N-dealkylation sites (N-methyl/N-ethyl adjacent to an activating group) is 3. The molecule has 2 aromatic carbocycles. The van der Waals surface area contributed by atoms with Crippen LogP contribution in [0.3, 0.4) is 0 Å². The summed E-state index contributed by atoms with van der Waals surface area (Å²) in [4.78, 5) is 179. The van der Waals surface area contributed by atoms with Crippen molar-refractivity contribution in [3.05, 3.63) is 82.3 Å². The van der Waals surface area contributed by atoms with E-state index >= 15 is 4.79 Å². The third-order valence-electron chi connectivity index (χ3n) is 20.5. The largest absolute Gasteiger partial charge is 0.431 e. The van der Waals surface area contributed by atoms with Gasteiger partial charge < -0.3 is 71.4 Å². The molecule has 12 atom stereocenters. The van der Waals surface area contributed by atoms with Crippen molar-refractivity contribution in [2.45, 2.75) is 206 Å². The predicted molar refractivity (Wildman–Crippen MR) is 401 cm³/mol. The minimum atomic E-state index is -1.54. The molecule has 3 saturated heterocycles. The lowest BCUT2D eigenvalue weighted by atomic mass is 9.89. The van der Waals surface area contributed by atoms with E-state index in [1.807, 2.05) is 63.5 Å². The van der Waals surface area contributed by atoms with E-state index in [2.05, 4.69) is 41.8 Å². The maximum atomic E-state index is 15.1.